The van der Waals surface area contributed by atoms with Crippen molar-refractivity contribution in [1.29, 1.82) is 0 Å². The maximum Gasteiger partial charge on any atom is 0.410 e. The SMILES string of the molecule is CN=C(NCCC(C)C)NCC1CCN(C(=O)OC(C)(C)C)CC1.I. The van der Waals surface area contributed by atoms with Crippen LogP contribution in [0.4, 0.5) is 4.79 Å². The molecule has 0 saturated carbocycles. The number of rotatable bonds is 5. The second-order valence-corrected chi connectivity index (χ2v) is 7.97. The summed E-state index contributed by atoms with van der Waals surface area (Å²) in [5, 5.41) is 6.75. The van der Waals surface area contributed by atoms with Crippen molar-refractivity contribution in [2.75, 3.05) is 33.2 Å². The zero-order valence-electron chi connectivity index (χ0n) is 16.7. The molecular weight excluding hydrogens is 431 g/mol. The molecule has 0 aromatic heterocycles. The van der Waals surface area contributed by atoms with Gasteiger partial charge in [0, 0.05) is 33.2 Å². The van der Waals surface area contributed by atoms with Crippen LogP contribution in [0.25, 0.3) is 0 Å². The first-order valence-corrected chi connectivity index (χ1v) is 9.13. The largest absolute Gasteiger partial charge is 0.444 e. The minimum absolute atomic E-state index is 0. The third-order valence-electron chi connectivity index (χ3n) is 4.06. The third-order valence-corrected chi connectivity index (χ3v) is 4.06. The molecule has 0 aromatic rings. The number of aliphatic imine (C=N–C) groups is 1. The van der Waals surface area contributed by atoms with Crippen molar-refractivity contribution in [2.24, 2.45) is 16.8 Å². The molecule has 7 heteroatoms. The van der Waals surface area contributed by atoms with Crippen molar-refractivity contribution in [3.05, 3.63) is 0 Å². The van der Waals surface area contributed by atoms with E-state index in [-0.39, 0.29) is 30.1 Å². The predicted octanol–water partition coefficient (Wildman–Crippen LogP) is 3.46. The van der Waals surface area contributed by atoms with Gasteiger partial charge in [-0.25, -0.2) is 4.79 Å². The molecule has 25 heavy (non-hydrogen) atoms. The van der Waals surface area contributed by atoms with Crippen LogP contribution in [0.15, 0.2) is 4.99 Å². The summed E-state index contributed by atoms with van der Waals surface area (Å²) < 4.78 is 5.43. The molecular formula is C18H37IN4O2. The van der Waals surface area contributed by atoms with Crippen LogP contribution in [0.5, 0.6) is 0 Å². The van der Waals surface area contributed by atoms with Gasteiger partial charge < -0.3 is 20.3 Å². The Morgan fingerprint density at radius 3 is 2.32 bits per heavy atom. The molecule has 6 nitrogen and oxygen atoms in total. The smallest absolute Gasteiger partial charge is 0.410 e. The molecule has 0 spiro atoms. The van der Waals surface area contributed by atoms with Gasteiger partial charge in [-0.15, -0.1) is 24.0 Å². The summed E-state index contributed by atoms with van der Waals surface area (Å²) in [4.78, 5) is 18.1. The van der Waals surface area contributed by atoms with Crippen LogP contribution in [0, 0.1) is 11.8 Å². The molecule has 1 amide bonds. The van der Waals surface area contributed by atoms with E-state index < -0.39 is 5.60 Å². The Bertz CT molecular complexity index is 414. The van der Waals surface area contributed by atoms with Gasteiger partial charge in [-0.2, -0.15) is 0 Å². The van der Waals surface area contributed by atoms with Gasteiger partial charge in [-0.3, -0.25) is 4.99 Å². The quantitative estimate of drug-likeness (QED) is 0.369. The number of guanidine groups is 1. The number of amides is 1. The van der Waals surface area contributed by atoms with Crippen molar-refractivity contribution in [3.8, 4) is 0 Å². The number of piperidine rings is 1. The molecule has 1 heterocycles. The highest BCUT2D eigenvalue weighted by Crippen LogP contribution is 2.19. The monoisotopic (exact) mass is 468 g/mol. The van der Waals surface area contributed by atoms with Gasteiger partial charge >= 0.3 is 6.09 Å². The van der Waals surface area contributed by atoms with E-state index in [1.54, 1.807) is 7.05 Å². The average Bonchev–Trinajstić information content (AvgIpc) is 2.49. The minimum atomic E-state index is -0.427. The molecule has 1 aliphatic heterocycles. The van der Waals surface area contributed by atoms with Crippen LogP contribution in [0.3, 0.4) is 0 Å². The number of likely N-dealkylation sites (tertiary alicyclic amines) is 1. The highest BCUT2D eigenvalue weighted by Gasteiger charge is 2.26. The summed E-state index contributed by atoms with van der Waals surface area (Å²) in [7, 11) is 1.80. The number of carbonyl (C=O) groups is 1. The van der Waals surface area contributed by atoms with Crippen LogP contribution in [0.1, 0.15) is 53.9 Å². The molecule has 1 rings (SSSR count). The van der Waals surface area contributed by atoms with E-state index in [2.05, 4.69) is 29.5 Å². The maximum atomic E-state index is 12.1. The fraction of sp³-hybridized carbons (Fsp3) is 0.889. The van der Waals surface area contributed by atoms with Gasteiger partial charge in [0.2, 0.25) is 0 Å². The summed E-state index contributed by atoms with van der Waals surface area (Å²) in [5.74, 6) is 2.12. The van der Waals surface area contributed by atoms with Crippen LogP contribution in [-0.4, -0.2) is 55.8 Å². The summed E-state index contributed by atoms with van der Waals surface area (Å²) in [5.41, 5.74) is -0.427. The lowest BCUT2D eigenvalue weighted by molar-refractivity contribution is 0.0185. The minimum Gasteiger partial charge on any atom is -0.444 e. The molecule has 0 atom stereocenters. The highest BCUT2D eigenvalue weighted by atomic mass is 127. The third kappa shape index (κ3) is 10.8. The molecule has 0 aromatic carbocycles. The second-order valence-electron chi connectivity index (χ2n) is 7.97. The predicted molar refractivity (Wildman–Crippen MR) is 115 cm³/mol. The number of nitrogens with zero attached hydrogens (tertiary/aromatic N) is 2. The molecule has 0 unspecified atom stereocenters. The van der Waals surface area contributed by atoms with E-state index >= 15 is 0 Å². The van der Waals surface area contributed by atoms with Crippen molar-refractivity contribution in [3.63, 3.8) is 0 Å². The molecule has 0 aliphatic carbocycles. The Balaban J connectivity index is 0.00000576. The fourth-order valence-corrected chi connectivity index (χ4v) is 2.59. The van der Waals surface area contributed by atoms with E-state index in [1.165, 1.54) is 0 Å². The number of carbonyl (C=O) groups excluding carboxylic acids is 1. The van der Waals surface area contributed by atoms with Gasteiger partial charge in [0.25, 0.3) is 0 Å². The molecule has 2 N–H and O–H groups in total. The lowest BCUT2D eigenvalue weighted by atomic mass is 9.97. The number of ether oxygens (including phenoxy) is 1. The number of halogens is 1. The molecule has 1 aliphatic rings. The number of nitrogens with one attached hydrogen (secondary N) is 2. The van der Waals surface area contributed by atoms with Gasteiger partial charge in [-0.05, 0) is 51.9 Å². The van der Waals surface area contributed by atoms with Crippen molar-refractivity contribution < 1.29 is 9.53 Å². The van der Waals surface area contributed by atoms with E-state index in [0.717, 1.165) is 51.4 Å². The zero-order valence-corrected chi connectivity index (χ0v) is 19.1. The van der Waals surface area contributed by atoms with Crippen LogP contribution in [0.2, 0.25) is 0 Å². The van der Waals surface area contributed by atoms with Crippen LogP contribution in [-0.2, 0) is 4.74 Å². The van der Waals surface area contributed by atoms with Crippen LogP contribution >= 0.6 is 24.0 Å². The van der Waals surface area contributed by atoms with Crippen molar-refractivity contribution >= 4 is 36.0 Å². The first-order chi connectivity index (χ1) is 11.2. The lowest BCUT2D eigenvalue weighted by Gasteiger charge is -2.33. The average molecular weight is 468 g/mol. The zero-order chi connectivity index (χ0) is 18.2. The Morgan fingerprint density at radius 1 is 1.24 bits per heavy atom. The van der Waals surface area contributed by atoms with Gasteiger partial charge in [-0.1, -0.05) is 13.8 Å². The maximum absolute atomic E-state index is 12.1. The lowest BCUT2D eigenvalue weighted by Crippen LogP contribution is -2.45. The van der Waals surface area contributed by atoms with Gasteiger partial charge in [0.1, 0.15) is 5.60 Å². The highest BCUT2D eigenvalue weighted by molar-refractivity contribution is 14.0. The standard InChI is InChI=1S/C18H36N4O2.HI/c1-14(2)7-10-20-16(19-6)21-13-15-8-11-22(12-9-15)17(23)24-18(3,4)5;/h14-15H,7-13H2,1-6H3,(H2,19,20,21);1H. The number of hydrogen-bond donors (Lipinski definition) is 2. The Labute approximate surface area is 170 Å². The Hall–Kier alpha value is -0.730. The molecule has 0 radical (unpaired) electrons. The molecule has 0 bridgehead atoms. The van der Waals surface area contributed by atoms with Gasteiger partial charge in [0.15, 0.2) is 5.96 Å². The second kappa shape index (κ2) is 11.8. The summed E-state index contributed by atoms with van der Waals surface area (Å²) in [6, 6.07) is 0. The van der Waals surface area contributed by atoms with Crippen LogP contribution < -0.4 is 10.6 Å². The van der Waals surface area contributed by atoms with E-state index in [0.29, 0.717) is 11.8 Å². The molecule has 1 fully saturated rings. The van der Waals surface area contributed by atoms with Crippen molar-refractivity contribution in [2.45, 2.75) is 59.5 Å². The van der Waals surface area contributed by atoms with E-state index in [4.69, 9.17) is 4.74 Å². The van der Waals surface area contributed by atoms with E-state index in [1.807, 2.05) is 25.7 Å². The van der Waals surface area contributed by atoms with Crippen molar-refractivity contribution in [1.82, 2.24) is 15.5 Å². The Kier molecular flexibility index (Phi) is 11.5. The molecule has 1 saturated heterocycles. The molecule has 148 valence electrons. The first kappa shape index (κ1) is 24.3. The summed E-state index contributed by atoms with van der Waals surface area (Å²) in [6.07, 6.45) is 2.93. The summed E-state index contributed by atoms with van der Waals surface area (Å²) in [6.45, 7) is 13.5. The van der Waals surface area contributed by atoms with Gasteiger partial charge in [0.05, 0.1) is 0 Å². The first-order valence-electron chi connectivity index (χ1n) is 9.13. The topological polar surface area (TPSA) is 66.0 Å². The fourth-order valence-electron chi connectivity index (χ4n) is 2.59. The van der Waals surface area contributed by atoms with E-state index in [9.17, 15) is 4.79 Å². The Morgan fingerprint density at radius 2 is 1.84 bits per heavy atom. The summed E-state index contributed by atoms with van der Waals surface area (Å²) >= 11 is 0. The number of hydrogen-bond acceptors (Lipinski definition) is 3. The normalized spacial score (nSPS) is 16.4.